The molecule has 0 spiro atoms. The Morgan fingerprint density at radius 2 is 1.67 bits per heavy atom. The normalized spacial score (nSPS) is 10.7. The van der Waals surface area contributed by atoms with Gasteiger partial charge in [0.05, 0.1) is 5.69 Å². The van der Waals surface area contributed by atoms with Gasteiger partial charge >= 0.3 is 0 Å². The molecule has 94 valence electrons. The third-order valence-corrected chi connectivity index (χ3v) is 2.94. The Balaban J connectivity index is 2.74. The summed E-state index contributed by atoms with van der Waals surface area (Å²) < 4.78 is 13.3. The Morgan fingerprint density at radius 3 is 2.17 bits per heavy atom. The van der Waals surface area contributed by atoms with Crippen molar-refractivity contribution in [1.29, 1.82) is 0 Å². The molecule has 0 saturated carbocycles. The van der Waals surface area contributed by atoms with E-state index in [1.165, 1.54) is 6.92 Å². The second kappa shape index (κ2) is 4.37. The van der Waals surface area contributed by atoms with Gasteiger partial charge in [0.15, 0.2) is 0 Å². The summed E-state index contributed by atoms with van der Waals surface area (Å²) in [6.07, 6.45) is 0. The van der Waals surface area contributed by atoms with Crippen molar-refractivity contribution in [3.8, 4) is 11.4 Å². The predicted molar refractivity (Wildman–Crippen MR) is 69.2 cm³/mol. The maximum atomic E-state index is 13.3. The number of aromatic nitrogens is 2. The van der Waals surface area contributed by atoms with Crippen molar-refractivity contribution < 1.29 is 4.39 Å². The number of H-pyrrole nitrogens is 1. The largest absolute Gasteiger partial charge is 0.304 e. The minimum atomic E-state index is -0.818. The Morgan fingerprint density at radius 1 is 1.11 bits per heavy atom. The van der Waals surface area contributed by atoms with E-state index in [1.54, 1.807) is 0 Å². The maximum absolute atomic E-state index is 13.3. The minimum absolute atomic E-state index is 0.119. The van der Waals surface area contributed by atoms with Crippen molar-refractivity contribution in [1.82, 2.24) is 9.97 Å². The molecule has 0 aliphatic heterocycles. The summed E-state index contributed by atoms with van der Waals surface area (Å²) in [5.41, 5.74) is 3.43. The molecule has 0 unspecified atom stereocenters. The van der Waals surface area contributed by atoms with Crippen LogP contribution in [0.3, 0.4) is 0 Å². The highest BCUT2D eigenvalue weighted by molar-refractivity contribution is 5.65. The molecular weight excluding hydrogens is 231 g/mol. The van der Waals surface area contributed by atoms with Crippen LogP contribution in [0.1, 0.15) is 22.4 Å². The van der Waals surface area contributed by atoms with E-state index >= 15 is 0 Å². The molecule has 3 nitrogen and oxygen atoms in total. The maximum Gasteiger partial charge on any atom is 0.287 e. The minimum Gasteiger partial charge on any atom is -0.304 e. The highest BCUT2D eigenvalue weighted by atomic mass is 19.1. The lowest BCUT2D eigenvalue weighted by atomic mass is 9.99. The number of hydrogen-bond acceptors (Lipinski definition) is 2. The second-order valence-corrected chi connectivity index (χ2v) is 4.59. The summed E-state index contributed by atoms with van der Waals surface area (Å²) in [6, 6.07) is 4.03. The molecule has 0 aliphatic rings. The topological polar surface area (TPSA) is 45.8 Å². The zero-order valence-electron chi connectivity index (χ0n) is 10.9. The summed E-state index contributed by atoms with van der Waals surface area (Å²) in [4.78, 5) is 18.1. The zero-order chi connectivity index (χ0) is 13.4. The molecule has 0 saturated heterocycles. The summed E-state index contributed by atoms with van der Waals surface area (Å²) in [5, 5.41) is 0. The van der Waals surface area contributed by atoms with Crippen molar-refractivity contribution in [3.05, 3.63) is 50.7 Å². The molecule has 0 radical (unpaired) electrons. The van der Waals surface area contributed by atoms with E-state index in [0.29, 0.717) is 5.82 Å². The number of nitrogens with zero attached hydrogens (tertiary/aromatic N) is 1. The molecule has 2 aromatic rings. The molecule has 4 heteroatoms. The molecule has 18 heavy (non-hydrogen) atoms. The van der Waals surface area contributed by atoms with Crippen LogP contribution in [0.4, 0.5) is 4.39 Å². The SMILES string of the molecule is Cc1cc(C)c(-c2nc(C)c(F)c(=O)[nH]2)c(C)c1. The van der Waals surface area contributed by atoms with Gasteiger partial charge in [-0.05, 0) is 38.8 Å². The van der Waals surface area contributed by atoms with Gasteiger partial charge in [-0.1, -0.05) is 17.7 Å². The first-order valence-electron chi connectivity index (χ1n) is 5.75. The standard InChI is InChI=1S/C14H15FN2O/c1-7-5-8(2)11(9(3)6-7)13-16-10(4)12(15)14(18)17-13/h5-6H,1-4H3,(H,16,17,18). The Labute approximate surface area is 105 Å². The fourth-order valence-electron chi connectivity index (χ4n) is 2.24. The number of nitrogens with one attached hydrogen (secondary N) is 1. The van der Waals surface area contributed by atoms with Crippen LogP contribution in [0.25, 0.3) is 11.4 Å². The lowest BCUT2D eigenvalue weighted by Gasteiger charge is -2.11. The van der Waals surface area contributed by atoms with Crippen molar-refractivity contribution in [2.45, 2.75) is 27.7 Å². The van der Waals surface area contributed by atoms with Crippen LogP contribution < -0.4 is 5.56 Å². The van der Waals surface area contributed by atoms with Crippen molar-refractivity contribution in [3.63, 3.8) is 0 Å². The number of aromatic amines is 1. The number of benzene rings is 1. The average molecular weight is 246 g/mol. The molecule has 1 N–H and O–H groups in total. The van der Waals surface area contributed by atoms with Crippen LogP contribution >= 0.6 is 0 Å². The summed E-state index contributed by atoms with van der Waals surface area (Å²) >= 11 is 0. The van der Waals surface area contributed by atoms with Crippen LogP contribution in [0, 0.1) is 33.5 Å². The van der Waals surface area contributed by atoms with E-state index in [1.807, 2.05) is 32.9 Å². The van der Waals surface area contributed by atoms with E-state index in [2.05, 4.69) is 9.97 Å². The molecule has 1 aromatic heterocycles. The van der Waals surface area contributed by atoms with Crippen molar-refractivity contribution >= 4 is 0 Å². The van der Waals surface area contributed by atoms with Crippen molar-refractivity contribution in [2.24, 2.45) is 0 Å². The Bertz CT molecular complexity index is 651. The average Bonchev–Trinajstić information content (AvgIpc) is 2.24. The molecule has 0 bridgehead atoms. The van der Waals surface area contributed by atoms with Gasteiger partial charge in [-0.25, -0.2) is 4.98 Å². The summed E-state index contributed by atoms with van der Waals surface area (Å²) in [5.74, 6) is -0.393. The fraction of sp³-hybridized carbons (Fsp3) is 0.286. The first-order valence-corrected chi connectivity index (χ1v) is 5.75. The highest BCUT2D eigenvalue weighted by Gasteiger charge is 2.12. The van der Waals surface area contributed by atoms with E-state index in [-0.39, 0.29) is 5.69 Å². The van der Waals surface area contributed by atoms with Gasteiger partial charge in [0.1, 0.15) is 5.82 Å². The van der Waals surface area contributed by atoms with E-state index in [0.717, 1.165) is 22.3 Å². The third-order valence-electron chi connectivity index (χ3n) is 2.94. The van der Waals surface area contributed by atoms with Crippen LogP contribution in [0.5, 0.6) is 0 Å². The summed E-state index contributed by atoms with van der Waals surface area (Å²) in [7, 11) is 0. The number of halogens is 1. The first kappa shape index (κ1) is 12.5. The summed E-state index contributed by atoms with van der Waals surface area (Å²) in [6.45, 7) is 7.41. The van der Waals surface area contributed by atoms with Crippen LogP contribution in [0.2, 0.25) is 0 Å². The third kappa shape index (κ3) is 2.06. The molecule has 2 rings (SSSR count). The molecule has 0 amide bonds. The smallest absolute Gasteiger partial charge is 0.287 e. The fourth-order valence-corrected chi connectivity index (χ4v) is 2.24. The number of hydrogen-bond donors (Lipinski definition) is 1. The van der Waals surface area contributed by atoms with Gasteiger partial charge in [-0.2, -0.15) is 4.39 Å². The molecular formula is C14H15FN2O. The quantitative estimate of drug-likeness (QED) is 0.841. The predicted octanol–water partition coefficient (Wildman–Crippen LogP) is 2.81. The van der Waals surface area contributed by atoms with Crippen LogP contribution in [-0.4, -0.2) is 9.97 Å². The van der Waals surface area contributed by atoms with Gasteiger partial charge in [-0.3, -0.25) is 4.79 Å². The first-order chi connectivity index (χ1) is 8.40. The molecule has 1 heterocycles. The van der Waals surface area contributed by atoms with Crippen LogP contribution in [0.15, 0.2) is 16.9 Å². The van der Waals surface area contributed by atoms with Gasteiger partial charge in [0.25, 0.3) is 5.56 Å². The van der Waals surface area contributed by atoms with Crippen molar-refractivity contribution in [2.75, 3.05) is 0 Å². The highest BCUT2D eigenvalue weighted by Crippen LogP contribution is 2.25. The number of rotatable bonds is 1. The van der Waals surface area contributed by atoms with Gasteiger partial charge in [0, 0.05) is 5.56 Å². The molecule has 1 aromatic carbocycles. The van der Waals surface area contributed by atoms with Gasteiger partial charge in [-0.15, -0.1) is 0 Å². The van der Waals surface area contributed by atoms with E-state index in [4.69, 9.17) is 0 Å². The second-order valence-electron chi connectivity index (χ2n) is 4.59. The monoisotopic (exact) mass is 246 g/mol. The van der Waals surface area contributed by atoms with Gasteiger partial charge in [0.2, 0.25) is 5.82 Å². The molecule has 0 aliphatic carbocycles. The molecule has 0 atom stereocenters. The Hall–Kier alpha value is -1.97. The zero-order valence-corrected chi connectivity index (χ0v) is 10.9. The lowest BCUT2D eigenvalue weighted by molar-refractivity contribution is 0.589. The lowest BCUT2D eigenvalue weighted by Crippen LogP contribution is -2.16. The number of aryl methyl sites for hydroxylation is 4. The van der Waals surface area contributed by atoms with Crippen LogP contribution in [-0.2, 0) is 0 Å². The van der Waals surface area contributed by atoms with Gasteiger partial charge < -0.3 is 4.98 Å². The molecule has 0 fully saturated rings. The van der Waals surface area contributed by atoms with E-state index < -0.39 is 11.4 Å². The Kier molecular flexibility index (Phi) is 3.03. The van der Waals surface area contributed by atoms with E-state index in [9.17, 15) is 9.18 Å².